The maximum Gasteiger partial charge on any atom is 0.326 e. The number of likely N-dealkylation sites (tertiary alicyclic amines) is 1. The number of phenolic OH excluding ortho intramolecular Hbond substituents is 1. The van der Waals surface area contributed by atoms with Gasteiger partial charge in [-0.25, -0.2) is 4.79 Å². The second-order valence-electron chi connectivity index (χ2n) is 20.8. The fourth-order valence-electron chi connectivity index (χ4n) is 10.2. The summed E-state index contributed by atoms with van der Waals surface area (Å²) in [4.78, 5) is 110. The molecule has 404 valence electrons. The van der Waals surface area contributed by atoms with Crippen LogP contribution in [0.2, 0.25) is 0 Å². The summed E-state index contributed by atoms with van der Waals surface area (Å²) in [5, 5.41) is 36.8. The molecule has 7 aromatic rings. The zero-order chi connectivity index (χ0) is 54.9. The summed E-state index contributed by atoms with van der Waals surface area (Å²) < 4.78 is 0. The molecule has 12 N–H and O–H groups in total. The number of aromatic amines is 3. The number of carbonyl (C=O) groups excluding carboxylic acids is 6. The van der Waals surface area contributed by atoms with E-state index in [1.807, 2.05) is 92.8 Å². The first kappa shape index (κ1) is 54.8. The van der Waals surface area contributed by atoms with Crippen LogP contribution in [0.3, 0.4) is 0 Å². The standard InChI is InChI=1S/C58H68N10O9/c1-32(2)24-49(58(76)77)66-53(71)48(28-37-31-62-45-17-10-7-14-41(37)45)65-56(74)51(33(3)4)67-54(72)46(25-34-19-21-38(69)22-20-34)63-52(70)47(27-36-30-61-44-16-9-6-13-40(36)44)64-55(73)50-18-11-23-68(50)57(75)42(59)26-35-29-60-43-15-8-5-12-39(35)43/h5-10,12-17,19-22,29-33,42,46-51,60-62,69H,11,18,23-28,59H2,1-4H3,(H,63,70)(H,64,73)(H,65,74)(H,66,71)(H,67,72)(H,76,77)/t42-,46-,47-,48-,49-,50-,51-/m0/s1. The Balaban J connectivity index is 1.04. The van der Waals surface area contributed by atoms with Crippen molar-refractivity contribution in [3.8, 4) is 5.75 Å². The number of carbonyl (C=O) groups is 7. The summed E-state index contributed by atoms with van der Waals surface area (Å²) in [6.07, 6.45) is 6.35. The quantitative estimate of drug-likeness (QED) is 0.0422. The van der Waals surface area contributed by atoms with Gasteiger partial charge in [-0.3, -0.25) is 28.8 Å². The van der Waals surface area contributed by atoms with Crippen molar-refractivity contribution >= 4 is 74.1 Å². The largest absolute Gasteiger partial charge is 0.508 e. The molecule has 1 saturated heterocycles. The van der Waals surface area contributed by atoms with Gasteiger partial charge in [-0.15, -0.1) is 0 Å². The van der Waals surface area contributed by atoms with Gasteiger partial charge in [0.05, 0.1) is 6.04 Å². The van der Waals surface area contributed by atoms with E-state index >= 15 is 0 Å². The highest BCUT2D eigenvalue weighted by atomic mass is 16.4. The van der Waals surface area contributed by atoms with Crippen LogP contribution >= 0.6 is 0 Å². The van der Waals surface area contributed by atoms with Gasteiger partial charge in [-0.05, 0) is 90.1 Å². The van der Waals surface area contributed by atoms with Crippen LogP contribution in [-0.2, 0) is 59.2 Å². The minimum atomic E-state index is -1.37. The third kappa shape index (κ3) is 13.3. The van der Waals surface area contributed by atoms with E-state index in [2.05, 4.69) is 41.5 Å². The van der Waals surface area contributed by atoms with Crippen molar-refractivity contribution in [3.05, 3.63) is 138 Å². The number of aromatic hydroxyl groups is 1. The van der Waals surface area contributed by atoms with E-state index < -0.39 is 89.6 Å². The molecule has 4 heterocycles. The highest BCUT2D eigenvalue weighted by Gasteiger charge is 2.39. The molecule has 6 amide bonds. The molecule has 77 heavy (non-hydrogen) atoms. The summed E-state index contributed by atoms with van der Waals surface area (Å²) in [6.45, 7) is 7.36. The van der Waals surface area contributed by atoms with Crippen molar-refractivity contribution in [2.75, 3.05) is 6.54 Å². The summed E-state index contributed by atoms with van der Waals surface area (Å²) in [5.74, 6) is -5.85. The molecule has 0 saturated carbocycles. The molecule has 3 aromatic heterocycles. The number of aliphatic carboxylic acids is 1. The Morgan fingerprint density at radius 3 is 1.55 bits per heavy atom. The molecule has 1 aliphatic rings. The van der Waals surface area contributed by atoms with Crippen molar-refractivity contribution in [1.29, 1.82) is 0 Å². The van der Waals surface area contributed by atoms with Crippen LogP contribution in [0, 0.1) is 11.8 Å². The lowest BCUT2D eigenvalue weighted by Crippen LogP contribution is -2.61. The van der Waals surface area contributed by atoms with Gasteiger partial charge >= 0.3 is 5.97 Å². The summed E-state index contributed by atoms with van der Waals surface area (Å²) in [6, 6.07) is 20.3. The Morgan fingerprint density at radius 2 is 1.04 bits per heavy atom. The second-order valence-corrected chi connectivity index (χ2v) is 20.8. The molecule has 0 bridgehead atoms. The van der Waals surface area contributed by atoms with Crippen LogP contribution in [0.15, 0.2) is 116 Å². The van der Waals surface area contributed by atoms with Gasteiger partial charge in [0.15, 0.2) is 0 Å². The number of amides is 6. The molecular formula is C58H68N10O9. The van der Waals surface area contributed by atoms with Crippen LogP contribution in [0.25, 0.3) is 32.7 Å². The lowest BCUT2D eigenvalue weighted by atomic mass is 9.98. The number of benzene rings is 4. The molecule has 19 nitrogen and oxygen atoms in total. The molecule has 0 radical (unpaired) electrons. The Kier molecular flexibility index (Phi) is 17.4. The number of H-pyrrole nitrogens is 3. The molecule has 7 atom stereocenters. The maximum atomic E-state index is 14.9. The minimum Gasteiger partial charge on any atom is -0.508 e. The third-order valence-electron chi connectivity index (χ3n) is 14.3. The van der Waals surface area contributed by atoms with Gasteiger partial charge in [0, 0.05) is 77.1 Å². The van der Waals surface area contributed by atoms with E-state index in [1.54, 1.807) is 38.4 Å². The molecule has 0 unspecified atom stereocenters. The van der Waals surface area contributed by atoms with Gasteiger partial charge in [0.2, 0.25) is 35.4 Å². The zero-order valence-electron chi connectivity index (χ0n) is 43.6. The number of rotatable bonds is 23. The first-order valence-corrected chi connectivity index (χ1v) is 26.2. The molecule has 19 heteroatoms. The van der Waals surface area contributed by atoms with Crippen molar-refractivity contribution in [2.45, 2.75) is 115 Å². The molecule has 1 aliphatic heterocycles. The van der Waals surface area contributed by atoms with E-state index in [1.165, 1.54) is 17.0 Å². The van der Waals surface area contributed by atoms with Crippen LogP contribution in [0.4, 0.5) is 0 Å². The van der Waals surface area contributed by atoms with E-state index in [4.69, 9.17) is 5.73 Å². The summed E-state index contributed by atoms with van der Waals surface area (Å²) in [5.41, 5.74) is 11.9. The fourth-order valence-corrected chi connectivity index (χ4v) is 10.2. The third-order valence-corrected chi connectivity index (χ3v) is 14.3. The number of hydrogen-bond acceptors (Lipinski definition) is 9. The molecule has 8 rings (SSSR count). The Bertz CT molecular complexity index is 3250. The van der Waals surface area contributed by atoms with Crippen molar-refractivity contribution in [2.24, 2.45) is 17.6 Å². The van der Waals surface area contributed by atoms with Gasteiger partial charge in [-0.1, -0.05) is 94.4 Å². The number of carboxylic acids is 1. The number of nitrogens with two attached hydrogens (primary N) is 1. The molecule has 0 spiro atoms. The minimum absolute atomic E-state index is 0.0211. The molecule has 1 fully saturated rings. The van der Waals surface area contributed by atoms with Crippen molar-refractivity contribution in [3.63, 3.8) is 0 Å². The second kappa shape index (κ2) is 24.5. The van der Waals surface area contributed by atoms with E-state index in [-0.39, 0.29) is 50.3 Å². The van der Waals surface area contributed by atoms with Crippen molar-refractivity contribution < 1.29 is 43.8 Å². The van der Waals surface area contributed by atoms with Gasteiger partial charge in [0.1, 0.15) is 42.0 Å². The molecule has 0 aliphatic carbocycles. The monoisotopic (exact) mass is 1050 g/mol. The van der Waals surface area contributed by atoms with E-state index in [0.29, 0.717) is 29.5 Å². The highest BCUT2D eigenvalue weighted by molar-refractivity contribution is 5.98. The van der Waals surface area contributed by atoms with Crippen LogP contribution in [-0.4, -0.2) is 120 Å². The summed E-state index contributed by atoms with van der Waals surface area (Å²) in [7, 11) is 0. The number of nitrogens with one attached hydrogen (secondary N) is 8. The number of fused-ring (bicyclic) bond motifs is 3. The SMILES string of the molecule is CC(C)C[C@H](NC(=O)[C@H](Cc1c[nH]c2ccccc12)NC(=O)[C@@H](NC(=O)[C@H](Cc1ccc(O)cc1)NC(=O)[C@H](Cc1c[nH]c2ccccc12)NC(=O)[C@@H]1CCCN1C(=O)[C@@H](N)Cc1c[nH]c2ccccc12)C(C)C)C(=O)O. The molecular weight excluding hydrogens is 981 g/mol. The number of aromatic nitrogens is 3. The zero-order valence-corrected chi connectivity index (χ0v) is 43.6. The van der Waals surface area contributed by atoms with E-state index in [0.717, 1.165) is 38.3 Å². The predicted octanol–water partition coefficient (Wildman–Crippen LogP) is 4.64. The van der Waals surface area contributed by atoms with Crippen LogP contribution < -0.4 is 32.3 Å². The lowest BCUT2D eigenvalue weighted by molar-refractivity contribution is -0.142. The smallest absolute Gasteiger partial charge is 0.326 e. The van der Waals surface area contributed by atoms with Gasteiger partial charge in [-0.2, -0.15) is 0 Å². The average molecular weight is 1050 g/mol. The lowest BCUT2D eigenvalue weighted by Gasteiger charge is -2.30. The Labute approximate surface area is 445 Å². The maximum absolute atomic E-state index is 14.9. The number of hydrogen-bond donors (Lipinski definition) is 11. The first-order valence-electron chi connectivity index (χ1n) is 26.2. The number of carboxylic acid groups (broad SMARTS) is 1. The molecule has 4 aromatic carbocycles. The topological polar surface area (TPSA) is 297 Å². The van der Waals surface area contributed by atoms with Gasteiger partial charge < -0.3 is 62.4 Å². The fraction of sp³-hybridized carbons (Fsp3) is 0.362. The average Bonchev–Trinajstić information content (AvgIpc) is 4.25. The number of phenols is 1. The Morgan fingerprint density at radius 1 is 0.584 bits per heavy atom. The van der Waals surface area contributed by atoms with Crippen LogP contribution in [0.5, 0.6) is 5.75 Å². The summed E-state index contributed by atoms with van der Waals surface area (Å²) >= 11 is 0. The predicted molar refractivity (Wildman–Crippen MR) is 292 cm³/mol. The van der Waals surface area contributed by atoms with Crippen LogP contribution in [0.1, 0.15) is 69.2 Å². The van der Waals surface area contributed by atoms with Gasteiger partial charge in [0.25, 0.3) is 0 Å². The normalized spacial score (nSPS) is 15.9. The number of nitrogens with zero attached hydrogens (tertiary/aromatic N) is 1. The number of para-hydroxylation sites is 3. The first-order chi connectivity index (χ1) is 36.9. The van der Waals surface area contributed by atoms with E-state index in [9.17, 15) is 43.8 Å². The Hall–Kier alpha value is -8.45. The highest BCUT2D eigenvalue weighted by Crippen LogP contribution is 2.25. The van der Waals surface area contributed by atoms with Crippen molar-refractivity contribution in [1.82, 2.24) is 46.4 Å².